The molecule has 1 aromatic carbocycles. The van der Waals surface area contributed by atoms with Gasteiger partial charge >= 0.3 is 0 Å². The third-order valence-corrected chi connectivity index (χ3v) is 8.14. The van der Waals surface area contributed by atoms with Crippen LogP contribution in [-0.2, 0) is 27.8 Å². The summed E-state index contributed by atoms with van der Waals surface area (Å²) in [5.41, 5.74) is 3.34. The third kappa shape index (κ3) is 4.27. The van der Waals surface area contributed by atoms with Crippen molar-refractivity contribution in [1.82, 2.24) is 9.62 Å². The van der Waals surface area contributed by atoms with Gasteiger partial charge in [0.05, 0.1) is 4.34 Å². The van der Waals surface area contributed by atoms with Crippen molar-refractivity contribution in [1.29, 1.82) is 0 Å². The number of likely N-dealkylation sites (N-methyl/N-ethyl adjacent to an activating group) is 1. The molecule has 1 amide bonds. The topological polar surface area (TPSA) is 69.7 Å². The van der Waals surface area contributed by atoms with Gasteiger partial charge in [0.1, 0.15) is 6.04 Å². The molecule has 0 bridgehead atoms. The van der Waals surface area contributed by atoms with E-state index in [-0.39, 0.29) is 5.91 Å². The van der Waals surface area contributed by atoms with Gasteiger partial charge in [-0.2, -0.15) is 4.31 Å². The summed E-state index contributed by atoms with van der Waals surface area (Å²) in [5, 5.41) is 4.47. The van der Waals surface area contributed by atoms with Gasteiger partial charge in [-0.05, 0) is 60.9 Å². The summed E-state index contributed by atoms with van der Waals surface area (Å²) in [4.78, 5) is 15.4. The van der Waals surface area contributed by atoms with E-state index >= 15 is 0 Å². The van der Waals surface area contributed by atoms with Gasteiger partial charge in [0.25, 0.3) is 0 Å². The Bertz CT molecular complexity index is 1060. The molecule has 9 heteroatoms. The van der Waals surface area contributed by atoms with Crippen LogP contribution in [0.1, 0.15) is 22.4 Å². The van der Waals surface area contributed by atoms with Gasteiger partial charge in [-0.25, -0.2) is 8.42 Å². The number of rotatable bonds is 5. The van der Waals surface area contributed by atoms with Crippen molar-refractivity contribution in [3.8, 4) is 0 Å². The van der Waals surface area contributed by atoms with E-state index in [2.05, 4.69) is 11.4 Å². The zero-order valence-electron chi connectivity index (χ0n) is 16.0. The summed E-state index contributed by atoms with van der Waals surface area (Å²) in [5.74, 6) is -0.183. The van der Waals surface area contributed by atoms with Crippen LogP contribution in [0.2, 0.25) is 4.34 Å². The maximum Gasteiger partial charge on any atom is 0.245 e. The number of anilines is 1. The number of halogens is 1. The molecule has 1 aromatic heterocycles. The van der Waals surface area contributed by atoms with E-state index in [0.29, 0.717) is 17.3 Å². The Morgan fingerprint density at radius 2 is 2.10 bits per heavy atom. The van der Waals surface area contributed by atoms with Gasteiger partial charge in [0, 0.05) is 36.1 Å². The zero-order valence-corrected chi connectivity index (χ0v) is 18.4. The van der Waals surface area contributed by atoms with Crippen LogP contribution in [0, 0.1) is 0 Å². The van der Waals surface area contributed by atoms with E-state index < -0.39 is 16.1 Å². The first-order valence-corrected chi connectivity index (χ1v) is 12.1. The lowest BCUT2D eigenvalue weighted by Crippen LogP contribution is -2.42. The number of hydrogen-bond donors (Lipinski definition) is 1. The number of amides is 1. The summed E-state index contributed by atoms with van der Waals surface area (Å²) in [6.45, 7) is 2.27. The quantitative estimate of drug-likeness (QED) is 0.758. The lowest BCUT2D eigenvalue weighted by molar-refractivity contribution is -0.120. The molecule has 1 saturated heterocycles. The predicted octanol–water partition coefficient (Wildman–Crippen LogP) is 3.09. The number of carbonyl (C=O) groups is 1. The molecular weight excluding hydrogens is 430 g/mol. The van der Waals surface area contributed by atoms with Crippen molar-refractivity contribution in [2.75, 3.05) is 25.0 Å². The molecule has 2 aromatic rings. The highest BCUT2D eigenvalue weighted by molar-refractivity contribution is 7.92. The minimum Gasteiger partial charge on any atom is -0.312 e. The molecule has 1 N–H and O–H groups in total. The molecule has 0 spiro atoms. The molecule has 0 unspecified atom stereocenters. The maximum atomic E-state index is 13.0. The van der Waals surface area contributed by atoms with Gasteiger partial charge in [-0.1, -0.05) is 17.7 Å². The van der Waals surface area contributed by atoms with E-state index in [9.17, 15) is 13.2 Å². The molecule has 3 heterocycles. The fraction of sp³-hybridized carbons (Fsp3) is 0.350. The van der Waals surface area contributed by atoms with Crippen LogP contribution >= 0.6 is 22.9 Å². The molecule has 0 aliphatic carbocycles. The van der Waals surface area contributed by atoms with Crippen molar-refractivity contribution in [3.05, 3.63) is 56.1 Å². The Morgan fingerprint density at radius 3 is 2.86 bits per heavy atom. The summed E-state index contributed by atoms with van der Waals surface area (Å²) in [6.07, 6.45) is 2.91. The number of hydrogen-bond acceptors (Lipinski definition) is 5. The minimum atomic E-state index is -3.72. The van der Waals surface area contributed by atoms with E-state index in [1.54, 1.807) is 17.0 Å². The second-order valence-electron chi connectivity index (χ2n) is 7.18. The largest absolute Gasteiger partial charge is 0.312 e. The number of carbonyl (C=O) groups excluding carboxylic acids is 1. The van der Waals surface area contributed by atoms with E-state index in [4.69, 9.17) is 11.6 Å². The molecule has 29 heavy (non-hydrogen) atoms. The molecule has 4 rings (SSSR count). The first-order valence-electron chi connectivity index (χ1n) is 9.40. The van der Waals surface area contributed by atoms with Gasteiger partial charge in [-0.15, -0.1) is 11.3 Å². The summed E-state index contributed by atoms with van der Waals surface area (Å²) in [6, 6.07) is 8.83. The predicted molar refractivity (Wildman–Crippen MR) is 118 cm³/mol. The van der Waals surface area contributed by atoms with E-state index in [1.807, 2.05) is 12.1 Å². The Kier molecular flexibility index (Phi) is 5.81. The molecule has 0 radical (unpaired) electrons. The number of sulfonamides is 1. The first-order chi connectivity index (χ1) is 13.8. The highest BCUT2D eigenvalue weighted by atomic mass is 35.5. The summed E-state index contributed by atoms with van der Waals surface area (Å²) >= 11 is 7.18. The molecule has 1 fully saturated rings. The van der Waals surface area contributed by atoms with Crippen molar-refractivity contribution in [3.63, 3.8) is 0 Å². The van der Waals surface area contributed by atoms with Gasteiger partial charge in [0.2, 0.25) is 15.9 Å². The lowest BCUT2D eigenvalue weighted by Gasteiger charge is -2.24. The second kappa shape index (κ2) is 8.20. The average molecular weight is 452 g/mol. The molecule has 2 aliphatic heterocycles. The third-order valence-electron chi connectivity index (χ3n) is 5.40. The standard InChI is InChI=1S/C20H22ClN3O3S2/c1-23(29(26,27)11-8-17-4-5-19(21)28-17)18-7-10-24(20(18)25)16-3-2-15-13-22-9-6-14(15)12-16/h2-5,8,11-12,18,22H,6-7,9-10,13H2,1H3/t18-/m0/s1. The highest BCUT2D eigenvalue weighted by Gasteiger charge is 2.39. The van der Waals surface area contributed by atoms with Gasteiger partial charge < -0.3 is 10.2 Å². The minimum absolute atomic E-state index is 0.183. The van der Waals surface area contributed by atoms with Crippen molar-refractivity contribution < 1.29 is 13.2 Å². The molecule has 1 atom stereocenters. The lowest BCUT2D eigenvalue weighted by atomic mass is 10.0. The van der Waals surface area contributed by atoms with Crippen LogP contribution in [0.3, 0.4) is 0 Å². The number of nitrogens with zero attached hydrogens (tertiary/aromatic N) is 2. The van der Waals surface area contributed by atoms with E-state index in [1.165, 1.54) is 39.9 Å². The van der Waals surface area contributed by atoms with Gasteiger partial charge in [0.15, 0.2) is 0 Å². The number of fused-ring (bicyclic) bond motifs is 1. The molecule has 2 aliphatic rings. The van der Waals surface area contributed by atoms with Crippen LogP contribution in [0.15, 0.2) is 35.7 Å². The van der Waals surface area contributed by atoms with Crippen molar-refractivity contribution in [2.45, 2.75) is 25.4 Å². The fourth-order valence-electron chi connectivity index (χ4n) is 3.73. The fourth-order valence-corrected chi connectivity index (χ4v) is 5.85. The van der Waals surface area contributed by atoms with Crippen LogP contribution in [0.5, 0.6) is 0 Å². The Balaban J connectivity index is 1.50. The molecular formula is C20H22ClN3O3S2. The first kappa shape index (κ1) is 20.6. The number of benzene rings is 1. The highest BCUT2D eigenvalue weighted by Crippen LogP contribution is 2.29. The molecule has 6 nitrogen and oxygen atoms in total. The number of nitrogens with one attached hydrogen (secondary N) is 1. The maximum absolute atomic E-state index is 13.0. The number of thiophene rings is 1. The summed E-state index contributed by atoms with van der Waals surface area (Å²) in [7, 11) is -2.26. The van der Waals surface area contributed by atoms with Crippen LogP contribution in [0.25, 0.3) is 6.08 Å². The molecule has 0 saturated carbocycles. The van der Waals surface area contributed by atoms with Crippen molar-refractivity contribution >= 4 is 50.6 Å². The van der Waals surface area contributed by atoms with E-state index in [0.717, 1.165) is 35.5 Å². The van der Waals surface area contributed by atoms with Crippen LogP contribution in [-0.4, -0.2) is 44.8 Å². The van der Waals surface area contributed by atoms with Crippen LogP contribution < -0.4 is 10.2 Å². The zero-order chi connectivity index (χ0) is 20.6. The SMILES string of the molecule is CN([C@H]1CCN(c2ccc3c(c2)CCNC3)C1=O)S(=O)(=O)C=Cc1ccc(Cl)s1. The van der Waals surface area contributed by atoms with Crippen LogP contribution in [0.4, 0.5) is 5.69 Å². The Hall–Kier alpha value is -1.71. The Labute approximate surface area is 179 Å². The summed E-state index contributed by atoms with van der Waals surface area (Å²) < 4.78 is 27.2. The monoisotopic (exact) mass is 451 g/mol. The van der Waals surface area contributed by atoms with Gasteiger partial charge in [-0.3, -0.25) is 4.79 Å². The van der Waals surface area contributed by atoms with Crippen molar-refractivity contribution in [2.24, 2.45) is 0 Å². The smallest absolute Gasteiger partial charge is 0.245 e. The molecule has 154 valence electrons. The normalized spacial score (nSPS) is 20.0. The average Bonchev–Trinajstić information content (AvgIpc) is 3.31. The Morgan fingerprint density at radius 1 is 1.28 bits per heavy atom. The second-order valence-corrected chi connectivity index (χ2v) is 10.8.